The Bertz CT molecular complexity index is 971. The minimum atomic E-state index is -3.76. The van der Waals surface area contributed by atoms with Gasteiger partial charge in [-0.1, -0.05) is 0 Å². The summed E-state index contributed by atoms with van der Waals surface area (Å²) in [6.07, 6.45) is 0. The molecule has 8 nitrogen and oxygen atoms in total. The van der Waals surface area contributed by atoms with Gasteiger partial charge >= 0.3 is 0 Å². The summed E-state index contributed by atoms with van der Waals surface area (Å²) in [4.78, 5) is 15.9. The number of rotatable bonds is 6. The second kappa shape index (κ2) is 8.46. The average molecular weight is 489 g/mol. The molecule has 1 saturated heterocycles. The first-order chi connectivity index (χ1) is 13.2. The molecule has 0 spiro atoms. The summed E-state index contributed by atoms with van der Waals surface area (Å²) in [5.41, 5.74) is 0.167. The van der Waals surface area contributed by atoms with Gasteiger partial charge in [0.2, 0.25) is 10.0 Å². The van der Waals surface area contributed by atoms with Gasteiger partial charge in [-0.2, -0.15) is 4.31 Å². The highest BCUT2D eigenvalue weighted by molar-refractivity contribution is 9.11. The summed E-state index contributed by atoms with van der Waals surface area (Å²) in [5, 5.41) is 11.6. The van der Waals surface area contributed by atoms with Crippen molar-refractivity contribution in [2.75, 3.05) is 45.2 Å². The number of benzene rings is 1. The van der Waals surface area contributed by atoms with Gasteiger partial charge in [-0.25, -0.2) is 8.42 Å². The van der Waals surface area contributed by atoms with Crippen LogP contribution in [0.2, 0.25) is 0 Å². The van der Waals surface area contributed by atoms with Crippen molar-refractivity contribution in [2.24, 2.45) is 0 Å². The molecule has 1 aromatic carbocycles. The number of likely N-dealkylation sites (N-methyl/N-ethyl adjacent to an activating group) is 1. The lowest BCUT2D eigenvalue weighted by molar-refractivity contribution is -0.384. The fourth-order valence-corrected chi connectivity index (χ4v) is 6.05. The smallest absolute Gasteiger partial charge is 0.293 e. The van der Waals surface area contributed by atoms with E-state index in [2.05, 4.69) is 20.8 Å². The highest BCUT2D eigenvalue weighted by Gasteiger charge is 2.30. The number of nitrogens with zero attached hydrogens (tertiary/aromatic N) is 4. The molecule has 2 aromatic rings. The van der Waals surface area contributed by atoms with Gasteiger partial charge in [0.25, 0.3) is 5.69 Å². The molecule has 0 atom stereocenters. The molecule has 11 heteroatoms. The summed E-state index contributed by atoms with van der Waals surface area (Å²) in [5.74, 6) is 0. The summed E-state index contributed by atoms with van der Waals surface area (Å²) in [7, 11) is -0.0693. The number of hydrogen-bond acceptors (Lipinski definition) is 7. The molecule has 0 bridgehead atoms. The monoisotopic (exact) mass is 488 g/mol. The minimum absolute atomic E-state index is 0.0419. The molecular formula is C17H21BrN4O4S2. The SMILES string of the molecule is CN1CCN(S(=O)(=O)c2ccc(N(C)Cc3ccc(Br)s3)c([N+](=O)[O-])c2)CC1. The quantitative estimate of drug-likeness (QED) is 0.458. The fourth-order valence-electron chi connectivity index (χ4n) is 3.07. The standard InChI is InChI=1S/C17H21BrN4O4S2/c1-19-7-9-21(10-8-19)28(25,26)14-4-5-15(16(11-14)22(23)24)20(2)12-13-3-6-17(18)27-13/h3-6,11H,7-10,12H2,1-2H3. The Kier molecular flexibility index (Phi) is 6.40. The molecule has 152 valence electrons. The number of halogens is 1. The Balaban J connectivity index is 1.89. The van der Waals surface area contributed by atoms with Crippen molar-refractivity contribution in [1.82, 2.24) is 9.21 Å². The van der Waals surface area contributed by atoms with Gasteiger partial charge in [0, 0.05) is 44.2 Å². The predicted octanol–water partition coefficient (Wildman–Crippen LogP) is 2.99. The van der Waals surface area contributed by atoms with Crippen molar-refractivity contribution in [3.63, 3.8) is 0 Å². The molecule has 0 radical (unpaired) electrons. The molecule has 1 fully saturated rings. The number of nitro groups is 1. The average Bonchev–Trinajstić information content (AvgIpc) is 3.06. The summed E-state index contributed by atoms with van der Waals surface area (Å²) < 4.78 is 28.2. The number of hydrogen-bond donors (Lipinski definition) is 0. The highest BCUT2D eigenvalue weighted by atomic mass is 79.9. The van der Waals surface area contributed by atoms with Crippen molar-refractivity contribution in [1.29, 1.82) is 0 Å². The van der Waals surface area contributed by atoms with E-state index in [1.54, 1.807) is 23.3 Å². The third-order valence-corrected chi connectivity index (χ3v) is 8.18. The van der Waals surface area contributed by atoms with Crippen LogP contribution in [-0.2, 0) is 16.6 Å². The number of anilines is 1. The third kappa shape index (κ3) is 4.54. The van der Waals surface area contributed by atoms with Crippen molar-refractivity contribution < 1.29 is 13.3 Å². The molecule has 1 aliphatic rings. The van der Waals surface area contributed by atoms with Crippen molar-refractivity contribution in [3.8, 4) is 0 Å². The topological polar surface area (TPSA) is 87.0 Å². The molecule has 28 heavy (non-hydrogen) atoms. The minimum Gasteiger partial charge on any atom is -0.364 e. The predicted molar refractivity (Wildman–Crippen MR) is 113 cm³/mol. The number of nitro benzene ring substituents is 1. The molecule has 0 amide bonds. The van der Waals surface area contributed by atoms with E-state index in [-0.39, 0.29) is 10.6 Å². The van der Waals surface area contributed by atoms with Crippen LogP contribution < -0.4 is 4.90 Å². The Morgan fingerprint density at radius 2 is 1.89 bits per heavy atom. The zero-order valence-electron chi connectivity index (χ0n) is 15.5. The zero-order valence-corrected chi connectivity index (χ0v) is 18.8. The van der Waals surface area contributed by atoms with E-state index in [4.69, 9.17) is 0 Å². The normalized spacial score (nSPS) is 16.2. The lowest BCUT2D eigenvalue weighted by Crippen LogP contribution is -2.47. The van der Waals surface area contributed by atoms with Crippen molar-refractivity contribution >= 4 is 48.7 Å². The van der Waals surface area contributed by atoms with Gasteiger partial charge in [-0.05, 0) is 47.2 Å². The van der Waals surface area contributed by atoms with E-state index >= 15 is 0 Å². The van der Waals surface area contributed by atoms with E-state index in [0.717, 1.165) is 8.66 Å². The Hall–Kier alpha value is -1.53. The van der Waals surface area contributed by atoms with Crippen LogP contribution in [0.25, 0.3) is 0 Å². The van der Waals surface area contributed by atoms with Gasteiger partial charge in [0.05, 0.1) is 20.1 Å². The molecule has 0 aliphatic carbocycles. The van der Waals surface area contributed by atoms with E-state index in [1.807, 2.05) is 19.2 Å². The van der Waals surface area contributed by atoms with Crippen LogP contribution in [0.3, 0.4) is 0 Å². The molecular weight excluding hydrogens is 468 g/mol. The summed E-state index contributed by atoms with van der Waals surface area (Å²) in [6, 6.07) is 8.02. The van der Waals surface area contributed by atoms with E-state index in [0.29, 0.717) is 38.4 Å². The molecule has 2 heterocycles. The van der Waals surface area contributed by atoms with E-state index in [9.17, 15) is 18.5 Å². The first kappa shape index (κ1) is 21.2. The summed E-state index contributed by atoms with van der Waals surface area (Å²) >= 11 is 4.96. The van der Waals surface area contributed by atoms with Crippen LogP contribution in [0.5, 0.6) is 0 Å². The second-order valence-electron chi connectivity index (χ2n) is 6.68. The van der Waals surface area contributed by atoms with Gasteiger partial charge in [-0.15, -0.1) is 11.3 Å². The molecule has 3 rings (SSSR count). The maximum absolute atomic E-state index is 12.9. The lowest BCUT2D eigenvalue weighted by Gasteiger charge is -2.31. The molecule has 0 N–H and O–H groups in total. The van der Waals surface area contributed by atoms with E-state index < -0.39 is 14.9 Å². The largest absolute Gasteiger partial charge is 0.364 e. The van der Waals surface area contributed by atoms with Crippen LogP contribution in [0, 0.1) is 10.1 Å². The number of piperazine rings is 1. The van der Waals surface area contributed by atoms with Crippen LogP contribution in [0.15, 0.2) is 39.0 Å². The van der Waals surface area contributed by atoms with Crippen LogP contribution in [0.1, 0.15) is 4.88 Å². The first-order valence-electron chi connectivity index (χ1n) is 8.61. The molecule has 1 aromatic heterocycles. The van der Waals surface area contributed by atoms with Crippen molar-refractivity contribution in [2.45, 2.75) is 11.4 Å². The lowest BCUT2D eigenvalue weighted by atomic mass is 10.2. The summed E-state index contributed by atoms with van der Waals surface area (Å²) in [6.45, 7) is 2.52. The second-order valence-corrected chi connectivity index (χ2v) is 11.2. The van der Waals surface area contributed by atoms with Crippen LogP contribution in [0.4, 0.5) is 11.4 Å². The molecule has 0 unspecified atom stereocenters. The Labute approximate surface area is 176 Å². The Morgan fingerprint density at radius 3 is 2.46 bits per heavy atom. The van der Waals surface area contributed by atoms with Gasteiger partial charge in [-0.3, -0.25) is 10.1 Å². The van der Waals surface area contributed by atoms with E-state index in [1.165, 1.54) is 22.5 Å². The third-order valence-electron chi connectivity index (χ3n) is 4.68. The van der Waals surface area contributed by atoms with Crippen LogP contribution in [-0.4, -0.2) is 62.8 Å². The van der Waals surface area contributed by atoms with Gasteiger partial charge in [0.15, 0.2) is 0 Å². The molecule has 0 saturated carbocycles. The Morgan fingerprint density at radius 1 is 1.21 bits per heavy atom. The maximum Gasteiger partial charge on any atom is 0.293 e. The van der Waals surface area contributed by atoms with Crippen LogP contribution >= 0.6 is 27.3 Å². The van der Waals surface area contributed by atoms with Gasteiger partial charge < -0.3 is 9.80 Å². The maximum atomic E-state index is 12.9. The van der Waals surface area contributed by atoms with Gasteiger partial charge in [0.1, 0.15) is 5.69 Å². The number of thiophene rings is 1. The molecule has 1 aliphatic heterocycles. The highest BCUT2D eigenvalue weighted by Crippen LogP contribution is 2.33. The fraction of sp³-hybridized carbons (Fsp3) is 0.412. The first-order valence-corrected chi connectivity index (χ1v) is 11.7. The number of sulfonamides is 1. The van der Waals surface area contributed by atoms with Crippen molar-refractivity contribution in [3.05, 3.63) is 49.1 Å². The zero-order chi connectivity index (χ0) is 20.5.